The van der Waals surface area contributed by atoms with Crippen molar-refractivity contribution in [2.24, 2.45) is 5.92 Å². The van der Waals surface area contributed by atoms with E-state index in [2.05, 4.69) is 5.32 Å². The number of hydrogen-bond acceptors (Lipinski definition) is 3. The summed E-state index contributed by atoms with van der Waals surface area (Å²) in [5.41, 5.74) is 0.359. The Morgan fingerprint density at radius 1 is 1.37 bits per heavy atom. The minimum atomic E-state index is -0.947. The Morgan fingerprint density at radius 2 is 2.00 bits per heavy atom. The van der Waals surface area contributed by atoms with Crippen LogP contribution in [0.3, 0.4) is 0 Å². The van der Waals surface area contributed by atoms with Gasteiger partial charge >= 0.3 is 5.97 Å². The minimum absolute atomic E-state index is 0.352. The van der Waals surface area contributed by atoms with Crippen LogP contribution in [0.25, 0.3) is 0 Å². The molecular weight excluding hydrogens is 286 g/mol. The Labute approximate surface area is 121 Å². The van der Waals surface area contributed by atoms with E-state index in [0.29, 0.717) is 10.6 Å². The SMILES string of the molecule is CSc1ccc(Cl)c(C(=O)NC(C)C(C)C(=O)O)c1. The van der Waals surface area contributed by atoms with Gasteiger partial charge in [0.2, 0.25) is 0 Å². The smallest absolute Gasteiger partial charge is 0.308 e. The molecule has 4 nitrogen and oxygen atoms in total. The van der Waals surface area contributed by atoms with Crippen LogP contribution in [0.2, 0.25) is 5.02 Å². The molecule has 0 spiro atoms. The number of hydrogen-bond donors (Lipinski definition) is 2. The van der Waals surface area contributed by atoms with Crippen molar-refractivity contribution in [3.8, 4) is 0 Å². The van der Waals surface area contributed by atoms with Crippen LogP contribution in [0.15, 0.2) is 23.1 Å². The second kappa shape index (κ2) is 6.82. The summed E-state index contributed by atoms with van der Waals surface area (Å²) in [5, 5.41) is 11.9. The summed E-state index contributed by atoms with van der Waals surface area (Å²) < 4.78 is 0. The van der Waals surface area contributed by atoms with Gasteiger partial charge < -0.3 is 10.4 Å². The fourth-order valence-corrected chi connectivity index (χ4v) is 2.07. The van der Waals surface area contributed by atoms with Crippen molar-refractivity contribution in [3.63, 3.8) is 0 Å². The number of benzene rings is 1. The third-order valence-electron chi connectivity index (χ3n) is 2.92. The highest BCUT2D eigenvalue weighted by molar-refractivity contribution is 7.98. The summed E-state index contributed by atoms with van der Waals surface area (Å²) in [6.45, 7) is 3.20. The molecule has 1 aromatic rings. The van der Waals surface area contributed by atoms with E-state index in [-0.39, 0.29) is 5.91 Å². The van der Waals surface area contributed by atoms with E-state index < -0.39 is 17.9 Å². The zero-order valence-corrected chi connectivity index (χ0v) is 12.5. The van der Waals surface area contributed by atoms with Gasteiger partial charge in [-0.2, -0.15) is 0 Å². The zero-order valence-electron chi connectivity index (χ0n) is 10.9. The van der Waals surface area contributed by atoms with Crippen molar-refractivity contribution >= 4 is 35.2 Å². The Morgan fingerprint density at radius 3 is 2.53 bits per heavy atom. The third-order valence-corrected chi connectivity index (χ3v) is 3.97. The molecule has 2 N–H and O–H groups in total. The van der Waals surface area contributed by atoms with Crippen LogP contribution in [-0.2, 0) is 4.79 Å². The van der Waals surface area contributed by atoms with Crippen LogP contribution in [0.1, 0.15) is 24.2 Å². The van der Waals surface area contributed by atoms with Crippen molar-refractivity contribution < 1.29 is 14.7 Å². The topological polar surface area (TPSA) is 66.4 Å². The molecule has 104 valence electrons. The molecule has 0 fully saturated rings. The standard InChI is InChI=1S/C13H16ClNO3S/c1-7(13(17)18)8(2)15-12(16)10-6-9(19-3)4-5-11(10)14/h4-8H,1-3H3,(H,15,16)(H,17,18). The highest BCUT2D eigenvalue weighted by atomic mass is 35.5. The van der Waals surface area contributed by atoms with E-state index in [1.807, 2.05) is 12.3 Å². The van der Waals surface area contributed by atoms with Crippen molar-refractivity contribution in [1.29, 1.82) is 0 Å². The van der Waals surface area contributed by atoms with E-state index in [0.717, 1.165) is 4.90 Å². The van der Waals surface area contributed by atoms with Crippen LogP contribution >= 0.6 is 23.4 Å². The lowest BCUT2D eigenvalue weighted by molar-refractivity contribution is -0.141. The van der Waals surface area contributed by atoms with Gasteiger partial charge in [0.1, 0.15) is 0 Å². The molecule has 19 heavy (non-hydrogen) atoms. The lowest BCUT2D eigenvalue weighted by atomic mass is 10.0. The van der Waals surface area contributed by atoms with Gasteiger partial charge in [0.15, 0.2) is 0 Å². The van der Waals surface area contributed by atoms with Gasteiger partial charge in [-0.3, -0.25) is 9.59 Å². The molecular formula is C13H16ClNO3S. The van der Waals surface area contributed by atoms with Crippen LogP contribution in [0.4, 0.5) is 0 Å². The molecule has 0 aliphatic heterocycles. The lowest BCUT2D eigenvalue weighted by Crippen LogP contribution is -2.40. The molecule has 1 rings (SSSR count). The average Bonchev–Trinajstić information content (AvgIpc) is 2.37. The maximum absolute atomic E-state index is 12.1. The number of halogens is 1. The highest BCUT2D eigenvalue weighted by Gasteiger charge is 2.22. The van der Waals surface area contributed by atoms with Gasteiger partial charge in [0.25, 0.3) is 5.91 Å². The molecule has 2 unspecified atom stereocenters. The summed E-state index contributed by atoms with van der Waals surface area (Å²) in [7, 11) is 0. The van der Waals surface area contributed by atoms with Gasteiger partial charge in [-0.15, -0.1) is 11.8 Å². The minimum Gasteiger partial charge on any atom is -0.481 e. The molecule has 0 bridgehead atoms. The number of rotatable bonds is 5. The fourth-order valence-electron chi connectivity index (χ4n) is 1.43. The van der Waals surface area contributed by atoms with Crippen LogP contribution in [0.5, 0.6) is 0 Å². The highest BCUT2D eigenvalue weighted by Crippen LogP contribution is 2.23. The second-order valence-corrected chi connectivity index (χ2v) is 5.52. The number of amides is 1. The van der Waals surface area contributed by atoms with Crippen molar-refractivity contribution in [3.05, 3.63) is 28.8 Å². The Kier molecular flexibility index (Phi) is 5.69. The van der Waals surface area contributed by atoms with E-state index in [1.165, 1.54) is 11.8 Å². The molecule has 0 saturated heterocycles. The van der Waals surface area contributed by atoms with Crippen LogP contribution in [-0.4, -0.2) is 29.3 Å². The fraction of sp³-hybridized carbons (Fsp3) is 0.385. The maximum atomic E-state index is 12.1. The Bertz CT molecular complexity index is 493. The number of thioether (sulfide) groups is 1. The van der Waals surface area contributed by atoms with Gasteiger partial charge in [-0.05, 0) is 38.3 Å². The first-order chi connectivity index (χ1) is 8.86. The summed E-state index contributed by atoms with van der Waals surface area (Å²) in [6.07, 6.45) is 1.90. The van der Waals surface area contributed by atoms with Crippen molar-refractivity contribution in [2.75, 3.05) is 6.26 Å². The van der Waals surface area contributed by atoms with Crippen LogP contribution < -0.4 is 5.32 Å². The van der Waals surface area contributed by atoms with Crippen molar-refractivity contribution in [1.82, 2.24) is 5.32 Å². The molecule has 0 aromatic heterocycles. The average molecular weight is 302 g/mol. The van der Waals surface area contributed by atoms with Gasteiger partial charge in [0, 0.05) is 10.9 Å². The number of carboxylic acid groups (broad SMARTS) is 1. The number of nitrogens with one attached hydrogen (secondary N) is 1. The summed E-state index contributed by atoms with van der Waals surface area (Å²) >= 11 is 7.49. The normalized spacial score (nSPS) is 13.7. The molecule has 1 aromatic carbocycles. The van der Waals surface area contributed by atoms with Crippen LogP contribution in [0, 0.1) is 5.92 Å². The van der Waals surface area contributed by atoms with Crippen molar-refractivity contribution in [2.45, 2.75) is 24.8 Å². The first-order valence-corrected chi connectivity index (χ1v) is 7.34. The number of carbonyl (C=O) groups excluding carboxylic acids is 1. The molecule has 1 amide bonds. The van der Waals surface area contributed by atoms with Gasteiger partial charge in [-0.25, -0.2) is 0 Å². The number of aliphatic carboxylic acids is 1. The number of carboxylic acids is 1. The summed E-state index contributed by atoms with van der Waals surface area (Å²) in [5.74, 6) is -1.97. The predicted octanol–water partition coefficient (Wildman–Crippen LogP) is 2.90. The Balaban J connectivity index is 2.86. The number of carbonyl (C=O) groups is 2. The lowest BCUT2D eigenvalue weighted by Gasteiger charge is -2.18. The molecule has 0 radical (unpaired) electrons. The zero-order chi connectivity index (χ0) is 14.6. The largest absolute Gasteiger partial charge is 0.481 e. The third kappa shape index (κ3) is 4.14. The molecule has 0 heterocycles. The molecule has 0 saturated carbocycles. The summed E-state index contributed by atoms with van der Waals surface area (Å²) in [6, 6.07) is 4.71. The molecule has 0 aliphatic carbocycles. The molecule has 2 atom stereocenters. The van der Waals surface area contributed by atoms with E-state index in [4.69, 9.17) is 16.7 Å². The quantitative estimate of drug-likeness (QED) is 0.821. The van der Waals surface area contributed by atoms with E-state index in [1.54, 1.807) is 26.0 Å². The first-order valence-electron chi connectivity index (χ1n) is 5.74. The first kappa shape index (κ1) is 15.9. The molecule has 0 aliphatic rings. The second-order valence-electron chi connectivity index (χ2n) is 4.23. The van der Waals surface area contributed by atoms with E-state index >= 15 is 0 Å². The predicted molar refractivity (Wildman–Crippen MR) is 77.0 cm³/mol. The van der Waals surface area contributed by atoms with Gasteiger partial charge in [0.05, 0.1) is 16.5 Å². The monoisotopic (exact) mass is 301 g/mol. The van der Waals surface area contributed by atoms with Gasteiger partial charge in [-0.1, -0.05) is 11.6 Å². The maximum Gasteiger partial charge on any atom is 0.308 e. The Hall–Kier alpha value is -1.20. The molecule has 6 heteroatoms. The summed E-state index contributed by atoms with van der Waals surface area (Å²) in [4.78, 5) is 23.8. The van der Waals surface area contributed by atoms with E-state index in [9.17, 15) is 9.59 Å².